The first-order valence-electron chi connectivity index (χ1n) is 6.44. The first-order chi connectivity index (χ1) is 9.22. The summed E-state index contributed by atoms with van der Waals surface area (Å²) in [4.78, 5) is 11.3. The fourth-order valence-electron chi connectivity index (χ4n) is 1.72. The third kappa shape index (κ3) is 3.88. The van der Waals surface area contributed by atoms with Gasteiger partial charge in [0.15, 0.2) is 0 Å². The minimum absolute atomic E-state index is 0.300. The topological polar surface area (TPSA) is 74.2 Å². The molecule has 0 aromatic heterocycles. The first-order valence-corrected chi connectivity index (χ1v) is 6.44. The molecule has 5 heteroatoms. The summed E-state index contributed by atoms with van der Waals surface area (Å²) < 4.78 is 4.79. The third-order valence-corrected chi connectivity index (χ3v) is 2.94. The normalized spacial score (nSPS) is 13.5. The lowest BCUT2D eigenvalue weighted by atomic mass is 10.1. The van der Waals surface area contributed by atoms with Crippen molar-refractivity contribution in [1.29, 1.82) is 5.26 Å². The zero-order valence-electron chi connectivity index (χ0n) is 10.9. The van der Waals surface area contributed by atoms with Gasteiger partial charge in [0.25, 0.3) is 0 Å². The van der Waals surface area contributed by atoms with Gasteiger partial charge in [0.05, 0.1) is 17.9 Å². The Kier molecular flexibility index (Phi) is 4.24. The van der Waals surface area contributed by atoms with Crippen LogP contribution in [0.2, 0.25) is 0 Å². The summed E-state index contributed by atoms with van der Waals surface area (Å²) in [5.74, 6) is 0.767. The van der Waals surface area contributed by atoms with Gasteiger partial charge in [-0.1, -0.05) is 0 Å². The summed E-state index contributed by atoms with van der Waals surface area (Å²) in [7, 11) is 0. The number of nitriles is 1. The van der Waals surface area contributed by atoms with E-state index < -0.39 is 6.09 Å². The lowest BCUT2D eigenvalue weighted by molar-refractivity contribution is 0.168. The number of hydrogen-bond acceptors (Lipinski definition) is 4. The van der Waals surface area contributed by atoms with E-state index in [1.807, 2.05) is 6.07 Å². The van der Waals surface area contributed by atoms with Gasteiger partial charge in [-0.3, -0.25) is 5.32 Å². The number of amides is 1. The van der Waals surface area contributed by atoms with Crippen LogP contribution in [0.15, 0.2) is 18.2 Å². The predicted octanol–water partition coefficient (Wildman–Crippen LogP) is 2.95. The van der Waals surface area contributed by atoms with E-state index in [1.54, 1.807) is 19.1 Å². The van der Waals surface area contributed by atoms with Crippen LogP contribution in [-0.4, -0.2) is 19.2 Å². The van der Waals surface area contributed by atoms with Gasteiger partial charge in [-0.05, 0) is 43.9 Å². The number of nitrogens with zero attached hydrogens (tertiary/aromatic N) is 1. The largest absolute Gasteiger partial charge is 0.450 e. The number of anilines is 2. The van der Waals surface area contributed by atoms with Crippen molar-refractivity contribution in [1.82, 2.24) is 0 Å². The molecule has 1 aliphatic carbocycles. The van der Waals surface area contributed by atoms with E-state index >= 15 is 0 Å². The van der Waals surface area contributed by atoms with E-state index in [2.05, 4.69) is 16.7 Å². The molecule has 1 saturated carbocycles. The Morgan fingerprint density at radius 1 is 1.53 bits per heavy atom. The summed E-state index contributed by atoms with van der Waals surface area (Å²) >= 11 is 0. The smallest absolute Gasteiger partial charge is 0.411 e. The van der Waals surface area contributed by atoms with E-state index in [1.165, 1.54) is 12.8 Å². The SMILES string of the molecule is CCOC(=O)Nc1ccc(NCC2CC2)cc1C#N. The van der Waals surface area contributed by atoms with Gasteiger partial charge in [0.1, 0.15) is 6.07 Å². The van der Waals surface area contributed by atoms with Crippen LogP contribution in [0.3, 0.4) is 0 Å². The fourth-order valence-corrected chi connectivity index (χ4v) is 1.72. The Balaban J connectivity index is 2.02. The highest BCUT2D eigenvalue weighted by molar-refractivity contribution is 5.87. The minimum Gasteiger partial charge on any atom is -0.450 e. The second-order valence-electron chi connectivity index (χ2n) is 4.54. The molecule has 0 saturated heterocycles. The maximum atomic E-state index is 11.3. The summed E-state index contributed by atoms with van der Waals surface area (Å²) in [6, 6.07) is 7.38. The first kappa shape index (κ1) is 13.2. The second kappa shape index (κ2) is 6.10. The number of carbonyl (C=O) groups excluding carboxylic acids is 1. The van der Waals surface area contributed by atoms with Crippen LogP contribution >= 0.6 is 0 Å². The Bertz CT molecular complexity index is 504. The van der Waals surface area contributed by atoms with Crippen molar-refractivity contribution in [2.45, 2.75) is 19.8 Å². The molecule has 0 aliphatic heterocycles. The maximum absolute atomic E-state index is 11.3. The Morgan fingerprint density at radius 2 is 2.32 bits per heavy atom. The van der Waals surface area contributed by atoms with Crippen LogP contribution in [0.25, 0.3) is 0 Å². The molecule has 0 spiro atoms. The quantitative estimate of drug-likeness (QED) is 0.852. The summed E-state index contributed by atoms with van der Waals surface area (Å²) in [6.45, 7) is 2.97. The van der Waals surface area contributed by atoms with Crippen molar-refractivity contribution in [2.75, 3.05) is 23.8 Å². The van der Waals surface area contributed by atoms with Gasteiger partial charge in [-0.2, -0.15) is 5.26 Å². The molecule has 19 heavy (non-hydrogen) atoms. The molecule has 2 N–H and O–H groups in total. The monoisotopic (exact) mass is 259 g/mol. The highest BCUT2D eigenvalue weighted by Gasteiger charge is 2.20. The van der Waals surface area contributed by atoms with Crippen LogP contribution in [-0.2, 0) is 4.74 Å². The molecular formula is C14H17N3O2. The van der Waals surface area contributed by atoms with Gasteiger partial charge in [0, 0.05) is 12.2 Å². The second-order valence-corrected chi connectivity index (χ2v) is 4.54. The highest BCUT2D eigenvalue weighted by atomic mass is 16.5. The molecule has 1 fully saturated rings. The van der Waals surface area contributed by atoms with Crippen molar-refractivity contribution in [3.8, 4) is 6.07 Å². The predicted molar refractivity (Wildman–Crippen MR) is 73.0 cm³/mol. The lowest BCUT2D eigenvalue weighted by Crippen LogP contribution is -2.14. The molecule has 0 unspecified atom stereocenters. The lowest BCUT2D eigenvalue weighted by Gasteiger charge is -2.10. The zero-order chi connectivity index (χ0) is 13.7. The van der Waals surface area contributed by atoms with Crippen LogP contribution in [0.1, 0.15) is 25.3 Å². The van der Waals surface area contributed by atoms with E-state index in [-0.39, 0.29) is 0 Å². The summed E-state index contributed by atoms with van der Waals surface area (Å²) in [5, 5.41) is 15.0. The number of hydrogen-bond donors (Lipinski definition) is 2. The maximum Gasteiger partial charge on any atom is 0.411 e. The zero-order valence-corrected chi connectivity index (χ0v) is 10.9. The van der Waals surface area contributed by atoms with Crippen LogP contribution in [0.4, 0.5) is 16.2 Å². The van der Waals surface area contributed by atoms with E-state index in [4.69, 9.17) is 10.00 Å². The molecule has 0 heterocycles. The van der Waals surface area contributed by atoms with Gasteiger partial charge >= 0.3 is 6.09 Å². The minimum atomic E-state index is -0.544. The molecule has 100 valence electrons. The van der Waals surface area contributed by atoms with Crippen LogP contribution in [0, 0.1) is 17.2 Å². The Hall–Kier alpha value is -2.22. The van der Waals surface area contributed by atoms with E-state index in [0.717, 1.165) is 18.2 Å². The third-order valence-electron chi connectivity index (χ3n) is 2.94. The number of carbonyl (C=O) groups is 1. The number of benzene rings is 1. The summed E-state index contributed by atoms with van der Waals surface area (Å²) in [6.07, 6.45) is 2.01. The summed E-state index contributed by atoms with van der Waals surface area (Å²) in [5.41, 5.74) is 1.80. The molecule has 1 aromatic rings. The van der Waals surface area contributed by atoms with Gasteiger partial charge < -0.3 is 10.1 Å². The number of rotatable bonds is 5. The van der Waals surface area contributed by atoms with Crippen molar-refractivity contribution < 1.29 is 9.53 Å². The molecule has 0 bridgehead atoms. The fraction of sp³-hybridized carbons (Fsp3) is 0.429. The number of nitrogens with one attached hydrogen (secondary N) is 2. The van der Waals surface area contributed by atoms with Crippen molar-refractivity contribution in [3.05, 3.63) is 23.8 Å². The van der Waals surface area contributed by atoms with Gasteiger partial charge in [0.2, 0.25) is 0 Å². The van der Waals surface area contributed by atoms with Crippen molar-refractivity contribution >= 4 is 17.5 Å². The van der Waals surface area contributed by atoms with Crippen LogP contribution < -0.4 is 10.6 Å². The molecule has 1 amide bonds. The molecule has 0 radical (unpaired) electrons. The molecular weight excluding hydrogens is 242 g/mol. The van der Waals surface area contributed by atoms with E-state index in [0.29, 0.717) is 17.9 Å². The highest BCUT2D eigenvalue weighted by Crippen LogP contribution is 2.29. The standard InChI is InChI=1S/C14H17N3O2/c1-2-19-14(18)17-13-6-5-12(7-11(13)8-15)16-9-10-3-4-10/h5-7,10,16H,2-4,9H2,1H3,(H,17,18). The van der Waals surface area contributed by atoms with Crippen molar-refractivity contribution in [2.24, 2.45) is 5.92 Å². The number of ether oxygens (including phenoxy) is 1. The molecule has 1 aliphatic rings. The molecule has 0 atom stereocenters. The van der Waals surface area contributed by atoms with Crippen molar-refractivity contribution in [3.63, 3.8) is 0 Å². The molecule has 2 rings (SSSR count). The van der Waals surface area contributed by atoms with Crippen LogP contribution in [0.5, 0.6) is 0 Å². The van der Waals surface area contributed by atoms with Gasteiger partial charge in [-0.25, -0.2) is 4.79 Å². The Morgan fingerprint density at radius 3 is 2.95 bits per heavy atom. The molecule has 5 nitrogen and oxygen atoms in total. The molecule has 1 aromatic carbocycles. The average Bonchev–Trinajstić information content (AvgIpc) is 3.22. The van der Waals surface area contributed by atoms with Gasteiger partial charge in [-0.15, -0.1) is 0 Å². The Labute approximate surface area is 112 Å². The average molecular weight is 259 g/mol. The van der Waals surface area contributed by atoms with E-state index in [9.17, 15) is 4.79 Å².